The topological polar surface area (TPSA) is 37.4 Å². The van der Waals surface area contributed by atoms with Gasteiger partial charge in [0, 0.05) is 4.47 Å². The highest BCUT2D eigenvalue weighted by Gasteiger charge is 2.34. The number of hydrogen-bond acceptors (Lipinski definition) is 3. The van der Waals surface area contributed by atoms with E-state index in [0.29, 0.717) is 4.91 Å². The third kappa shape index (κ3) is 4.50. The van der Waals surface area contributed by atoms with Crippen molar-refractivity contribution in [2.24, 2.45) is 0 Å². The smallest absolute Gasteiger partial charge is 0.268 e. The van der Waals surface area contributed by atoms with Gasteiger partial charge in [-0.15, -0.1) is 0 Å². The molecule has 25 heavy (non-hydrogen) atoms. The minimum atomic E-state index is -0.237. The molecule has 1 aliphatic rings. The normalized spacial score (nSPS) is 16.8. The molecule has 126 valence electrons. The first-order valence-corrected chi connectivity index (χ1v) is 9.37. The maximum absolute atomic E-state index is 12.6. The monoisotopic (exact) mass is 413 g/mol. The van der Waals surface area contributed by atoms with Crippen LogP contribution in [-0.4, -0.2) is 16.0 Å². The predicted molar refractivity (Wildman–Crippen MR) is 106 cm³/mol. The summed E-state index contributed by atoms with van der Waals surface area (Å²) in [4.78, 5) is 26.5. The van der Waals surface area contributed by atoms with Crippen molar-refractivity contribution in [1.29, 1.82) is 0 Å². The number of halogens is 1. The Morgan fingerprint density at radius 3 is 2.44 bits per heavy atom. The summed E-state index contributed by atoms with van der Waals surface area (Å²) in [5.41, 5.74) is 2.91. The lowest BCUT2D eigenvalue weighted by Gasteiger charge is -2.12. The van der Waals surface area contributed by atoms with Crippen molar-refractivity contribution < 1.29 is 9.59 Å². The second-order valence-corrected chi connectivity index (χ2v) is 7.60. The van der Waals surface area contributed by atoms with Crippen LogP contribution in [0.2, 0.25) is 0 Å². The van der Waals surface area contributed by atoms with Crippen LogP contribution in [-0.2, 0) is 11.3 Å². The molecule has 2 amide bonds. The molecule has 1 heterocycles. The van der Waals surface area contributed by atoms with Crippen LogP contribution in [0.15, 0.2) is 75.6 Å². The van der Waals surface area contributed by atoms with Crippen molar-refractivity contribution >= 4 is 44.9 Å². The summed E-state index contributed by atoms with van der Waals surface area (Å²) < 4.78 is 0.965. The maximum Gasteiger partial charge on any atom is 0.293 e. The number of carbonyl (C=O) groups is 2. The molecular weight excluding hydrogens is 398 g/mol. The molecule has 0 bridgehead atoms. The molecule has 0 N–H and O–H groups in total. The number of carbonyl (C=O) groups excluding carboxylic acids is 2. The van der Waals surface area contributed by atoms with E-state index in [4.69, 9.17) is 0 Å². The molecule has 0 spiro atoms. The molecule has 0 aromatic heterocycles. The Hall–Kier alpha value is -2.11. The zero-order valence-corrected chi connectivity index (χ0v) is 16.0. The Labute approximate surface area is 159 Å². The first kappa shape index (κ1) is 17.7. The minimum Gasteiger partial charge on any atom is -0.268 e. The Morgan fingerprint density at radius 2 is 1.76 bits per heavy atom. The van der Waals surface area contributed by atoms with E-state index in [1.165, 1.54) is 4.90 Å². The standard InChI is InChI=1S/C20H16BrNO2S/c1-14(11-15-5-3-2-4-6-15)12-18-19(23)22(20(24)25-18)13-16-7-9-17(21)10-8-16/h2-12H,13H2,1H3/b14-11+,18-12-. The Kier molecular flexibility index (Phi) is 5.56. The summed E-state index contributed by atoms with van der Waals surface area (Å²) in [6.07, 6.45) is 3.77. The van der Waals surface area contributed by atoms with Gasteiger partial charge in [-0.2, -0.15) is 0 Å². The zero-order valence-electron chi connectivity index (χ0n) is 13.6. The molecular formula is C20H16BrNO2S. The van der Waals surface area contributed by atoms with Crippen molar-refractivity contribution in [2.45, 2.75) is 13.5 Å². The van der Waals surface area contributed by atoms with Crippen LogP contribution >= 0.6 is 27.7 Å². The molecule has 1 saturated heterocycles. The summed E-state index contributed by atoms with van der Waals surface area (Å²) in [7, 11) is 0. The predicted octanol–water partition coefficient (Wildman–Crippen LogP) is 5.63. The third-order valence-electron chi connectivity index (χ3n) is 3.68. The van der Waals surface area contributed by atoms with Gasteiger partial charge in [0.05, 0.1) is 11.4 Å². The second kappa shape index (κ2) is 7.85. The van der Waals surface area contributed by atoms with Gasteiger partial charge in [0.2, 0.25) is 0 Å². The molecule has 3 rings (SSSR count). The van der Waals surface area contributed by atoms with Crippen LogP contribution in [0, 0.1) is 0 Å². The van der Waals surface area contributed by atoms with Crippen molar-refractivity contribution in [3.05, 3.63) is 86.8 Å². The Balaban J connectivity index is 1.76. The molecule has 2 aromatic carbocycles. The van der Waals surface area contributed by atoms with Gasteiger partial charge in [0.15, 0.2) is 0 Å². The minimum absolute atomic E-state index is 0.230. The third-order valence-corrected chi connectivity index (χ3v) is 5.12. The van der Waals surface area contributed by atoms with Crippen LogP contribution in [0.1, 0.15) is 18.1 Å². The number of imide groups is 1. The number of hydrogen-bond donors (Lipinski definition) is 0. The van der Waals surface area contributed by atoms with Gasteiger partial charge in [-0.05, 0) is 53.6 Å². The maximum atomic E-state index is 12.6. The Morgan fingerprint density at radius 1 is 1.08 bits per heavy atom. The van der Waals surface area contributed by atoms with Crippen molar-refractivity contribution in [1.82, 2.24) is 4.90 Å². The lowest BCUT2D eigenvalue weighted by Crippen LogP contribution is -2.27. The van der Waals surface area contributed by atoms with E-state index >= 15 is 0 Å². The van der Waals surface area contributed by atoms with Crippen molar-refractivity contribution in [2.75, 3.05) is 0 Å². The molecule has 0 aliphatic carbocycles. The summed E-state index contributed by atoms with van der Waals surface area (Å²) in [6, 6.07) is 17.5. The number of nitrogens with zero attached hydrogens (tertiary/aromatic N) is 1. The first-order chi connectivity index (χ1) is 12.0. The molecule has 2 aromatic rings. The van der Waals surface area contributed by atoms with Gasteiger partial charge in [-0.3, -0.25) is 14.5 Å². The van der Waals surface area contributed by atoms with Crippen LogP contribution in [0.3, 0.4) is 0 Å². The van der Waals surface area contributed by atoms with Gasteiger partial charge < -0.3 is 0 Å². The fourth-order valence-corrected chi connectivity index (χ4v) is 3.62. The lowest BCUT2D eigenvalue weighted by molar-refractivity contribution is -0.123. The second-order valence-electron chi connectivity index (χ2n) is 5.69. The van der Waals surface area contributed by atoms with E-state index in [-0.39, 0.29) is 17.7 Å². The van der Waals surface area contributed by atoms with E-state index in [0.717, 1.165) is 32.9 Å². The number of rotatable bonds is 4. The van der Waals surface area contributed by atoms with Crippen molar-refractivity contribution in [3.8, 4) is 0 Å². The number of amides is 2. The average molecular weight is 414 g/mol. The fraction of sp³-hybridized carbons (Fsp3) is 0.100. The summed E-state index contributed by atoms with van der Waals surface area (Å²) >= 11 is 4.37. The molecule has 0 saturated carbocycles. The Bertz CT molecular complexity index is 857. The van der Waals surface area contributed by atoms with Crippen LogP contribution < -0.4 is 0 Å². The van der Waals surface area contributed by atoms with E-state index in [1.807, 2.05) is 67.6 Å². The first-order valence-electron chi connectivity index (χ1n) is 7.76. The highest BCUT2D eigenvalue weighted by Crippen LogP contribution is 2.33. The molecule has 0 atom stereocenters. The molecule has 0 unspecified atom stereocenters. The van der Waals surface area contributed by atoms with Crippen molar-refractivity contribution in [3.63, 3.8) is 0 Å². The molecule has 1 fully saturated rings. The lowest BCUT2D eigenvalue weighted by atomic mass is 10.1. The van der Waals surface area contributed by atoms with Crippen LogP contribution in [0.25, 0.3) is 6.08 Å². The fourth-order valence-electron chi connectivity index (χ4n) is 2.47. The number of benzene rings is 2. The molecule has 5 heteroatoms. The van der Waals surface area contributed by atoms with Gasteiger partial charge in [0.25, 0.3) is 11.1 Å². The SMILES string of the molecule is CC(/C=C1\SC(=O)N(Cc2ccc(Br)cc2)C1=O)=C\c1ccccc1. The van der Waals surface area contributed by atoms with Crippen LogP contribution in [0.4, 0.5) is 4.79 Å². The number of thioether (sulfide) groups is 1. The highest BCUT2D eigenvalue weighted by molar-refractivity contribution is 9.10. The summed E-state index contributed by atoms with van der Waals surface area (Å²) in [5, 5.41) is -0.230. The van der Waals surface area contributed by atoms with Gasteiger partial charge >= 0.3 is 0 Å². The van der Waals surface area contributed by atoms with E-state index in [1.54, 1.807) is 6.08 Å². The van der Waals surface area contributed by atoms with Gasteiger partial charge in [0.1, 0.15) is 0 Å². The van der Waals surface area contributed by atoms with Gasteiger partial charge in [-0.1, -0.05) is 64.5 Å². The average Bonchev–Trinajstić information content (AvgIpc) is 2.85. The molecule has 3 nitrogen and oxygen atoms in total. The largest absolute Gasteiger partial charge is 0.293 e. The van der Waals surface area contributed by atoms with E-state index in [9.17, 15) is 9.59 Å². The summed E-state index contributed by atoms with van der Waals surface area (Å²) in [5.74, 6) is -0.237. The van der Waals surface area contributed by atoms with E-state index < -0.39 is 0 Å². The zero-order chi connectivity index (χ0) is 17.8. The van der Waals surface area contributed by atoms with Crippen LogP contribution in [0.5, 0.6) is 0 Å². The van der Waals surface area contributed by atoms with E-state index in [2.05, 4.69) is 15.9 Å². The summed E-state index contributed by atoms with van der Waals surface area (Å²) in [6.45, 7) is 2.21. The quantitative estimate of drug-likeness (QED) is 0.609. The van der Waals surface area contributed by atoms with Gasteiger partial charge in [-0.25, -0.2) is 0 Å². The molecule has 1 aliphatic heterocycles. The molecule has 0 radical (unpaired) electrons. The highest BCUT2D eigenvalue weighted by atomic mass is 79.9. The number of allylic oxidation sites excluding steroid dienone is 2.